The van der Waals surface area contributed by atoms with Gasteiger partial charge in [0.2, 0.25) is 5.91 Å². The van der Waals surface area contributed by atoms with Crippen LogP contribution in [0.4, 0.5) is 5.69 Å². The zero-order chi connectivity index (χ0) is 11.7. The number of benzene rings is 1. The van der Waals surface area contributed by atoms with E-state index in [1.807, 2.05) is 18.2 Å². The predicted molar refractivity (Wildman–Crippen MR) is 58.9 cm³/mol. The minimum absolute atomic E-state index is 0.277. The van der Waals surface area contributed by atoms with Crippen molar-refractivity contribution in [3.63, 3.8) is 0 Å². The molecule has 1 aliphatic heterocycles. The largest absolute Gasteiger partial charge is 0.550 e. The van der Waals surface area contributed by atoms with E-state index in [4.69, 9.17) is 0 Å². The molecule has 1 aromatic rings. The number of hydrogen-bond acceptors (Lipinski definition) is 4. The molecule has 0 bridgehead atoms. The minimum atomic E-state index is -1.20. The molecule has 0 unspecified atom stereocenters. The van der Waals surface area contributed by atoms with Crippen molar-refractivity contribution >= 4 is 29.3 Å². The molecule has 4 nitrogen and oxygen atoms in total. The predicted octanol–water partition coefficient (Wildman–Crippen LogP) is 0.485. The lowest BCUT2D eigenvalue weighted by Crippen LogP contribution is -2.42. The van der Waals surface area contributed by atoms with Gasteiger partial charge in [-0.15, -0.1) is 11.8 Å². The van der Waals surface area contributed by atoms with Crippen LogP contribution in [-0.4, -0.2) is 17.1 Å². The molecule has 1 aromatic carbocycles. The van der Waals surface area contributed by atoms with Crippen molar-refractivity contribution in [3.05, 3.63) is 24.3 Å². The fourth-order valence-corrected chi connectivity index (χ4v) is 2.68. The maximum atomic E-state index is 11.7. The Labute approximate surface area is 97.0 Å². The number of carboxylic acids is 1. The molecule has 0 spiro atoms. The summed E-state index contributed by atoms with van der Waals surface area (Å²) in [5.74, 6) is -2.29. The molecule has 1 heterocycles. The quantitative estimate of drug-likeness (QED) is 0.811. The molecular weight excluding hydrogens is 226 g/mol. The Morgan fingerprint density at radius 3 is 2.88 bits per heavy atom. The number of amides is 1. The van der Waals surface area contributed by atoms with E-state index in [1.165, 1.54) is 18.7 Å². The molecule has 0 saturated carbocycles. The first-order valence-electron chi connectivity index (χ1n) is 4.87. The minimum Gasteiger partial charge on any atom is -0.550 e. The summed E-state index contributed by atoms with van der Waals surface area (Å²) in [5, 5.41) is 12.8. The number of carboxylic acid groups (broad SMARTS) is 1. The molecule has 16 heavy (non-hydrogen) atoms. The molecule has 2 rings (SSSR count). The summed E-state index contributed by atoms with van der Waals surface area (Å²) in [6.07, 6.45) is 0. The first-order valence-corrected chi connectivity index (χ1v) is 5.75. The molecule has 84 valence electrons. The average Bonchev–Trinajstić information content (AvgIpc) is 2.27. The smallest absolute Gasteiger partial charge is 0.238 e. The highest BCUT2D eigenvalue weighted by Crippen LogP contribution is 2.37. The molecule has 0 saturated heterocycles. The van der Waals surface area contributed by atoms with Crippen molar-refractivity contribution in [2.75, 3.05) is 5.32 Å². The summed E-state index contributed by atoms with van der Waals surface area (Å²) in [4.78, 5) is 23.3. The molecular formula is C11H10NO3S-. The van der Waals surface area contributed by atoms with Crippen LogP contribution in [0.25, 0.3) is 0 Å². The van der Waals surface area contributed by atoms with Gasteiger partial charge in [-0.1, -0.05) is 19.1 Å². The number of rotatable bonds is 2. The van der Waals surface area contributed by atoms with Crippen molar-refractivity contribution in [3.8, 4) is 0 Å². The Balaban J connectivity index is 2.28. The van der Waals surface area contributed by atoms with E-state index < -0.39 is 17.1 Å². The number of aliphatic carboxylic acids is 1. The normalized spacial score (nSPS) is 20.8. The lowest BCUT2D eigenvalue weighted by Gasteiger charge is -2.28. The van der Waals surface area contributed by atoms with Gasteiger partial charge in [0.25, 0.3) is 0 Å². The summed E-state index contributed by atoms with van der Waals surface area (Å²) in [6, 6.07) is 7.32. The zero-order valence-corrected chi connectivity index (χ0v) is 9.41. The van der Waals surface area contributed by atoms with Crippen molar-refractivity contribution in [1.29, 1.82) is 0 Å². The van der Waals surface area contributed by atoms with Gasteiger partial charge in [0.05, 0.1) is 10.9 Å². The molecule has 0 aliphatic carbocycles. The number of para-hydroxylation sites is 1. The Kier molecular flexibility index (Phi) is 2.87. The fraction of sp³-hybridized carbons (Fsp3) is 0.273. The third kappa shape index (κ3) is 1.90. The number of anilines is 1. The van der Waals surface area contributed by atoms with Crippen LogP contribution in [-0.2, 0) is 9.59 Å². The molecule has 0 aromatic heterocycles. The first kappa shape index (κ1) is 11.0. The molecule has 0 fully saturated rings. The molecule has 1 N–H and O–H groups in total. The number of fused-ring (bicyclic) bond motifs is 1. The Bertz CT molecular complexity index is 447. The van der Waals surface area contributed by atoms with E-state index in [1.54, 1.807) is 6.07 Å². The number of hydrogen-bond donors (Lipinski definition) is 1. The second-order valence-corrected chi connectivity index (χ2v) is 4.81. The number of nitrogens with one attached hydrogen (secondary N) is 1. The van der Waals surface area contributed by atoms with Gasteiger partial charge in [0.15, 0.2) is 0 Å². The Morgan fingerprint density at radius 1 is 1.50 bits per heavy atom. The maximum Gasteiger partial charge on any atom is 0.238 e. The molecule has 5 heteroatoms. The van der Waals surface area contributed by atoms with Crippen molar-refractivity contribution in [2.45, 2.75) is 17.1 Å². The van der Waals surface area contributed by atoms with Gasteiger partial charge < -0.3 is 15.2 Å². The summed E-state index contributed by atoms with van der Waals surface area (Å²) in [6.45, 7) is 1.49. The van der Waals surface area contributed by atoms with Gasteiger partial charge in [-0.3, -0.25) is 4.79 Å². The molecule has 1 aliphatic rings. The topological polar surface area (TPSA) is 69.2 Å². The van der Waals surface area contributed by atoms with Crippen molar-refractivity contribution in [1.82, 2.24) is 0 Å². The Morgan fingerprint density at radius 2 is 2.19 bits per heavy atom. The highest BCUT2D eigenvalue weighted by atomic mass is 32.2. The van der Waals surface area contributed by atoms with Crippen LogP contribution >= 0.6 is 11.8 Å². The van der Waals surface area contributed by atoms with Gasteiger partial charge in [-0.05, 0) is 12.1 Å². The third-order valence-corrected chi connectivity index (χ3v) is 3.97. The van der Waals surface area contributed by atoms with E-state index in [0.717, 1.165) is 10.6 Å². The molecule has 1 amide bonds. The Hall–Kier alpha value is -1.49. The van der Waals surface area contributed by atoms with Crippen LogP contribution in [0.1, 0.15) is 6.92 Å². The highest BCUT2D eigenvalue weighted by Gasteiger charge is 2.31. The van der Waals surface area contributed by atoms with Crippen LogP contribution in [0.2, 0.25) is 0 Å². The number of thioether (sulfide) groups is 1. The monoisotopic (exact) mass is 236 g/mol. The fourth-order valence-electron chi connectivity index (χ4n) is 1.52. The van der Waals surface area contributed by atoms with Gasteiger partial charge >= 0.3 is 0 Å². The molecule has 0 radical (unpaired) electrons. The molecule has 2 atom stereocenters. The third-order valence-electron chi connectivity index (χ3n) is 2.48. The van der Waals surface area contributed by atoms with Crippen LogP contribution in [0.15, 0.2) is 29.2 Å². The summed E-state index contributed by atoms with van der Waals surface area (Å²) in [7, 11) is 0. The van der Waals surface area contributed by atoms with E-state index in [2.05, 4.69) is 5.32 Å². The van der Waals surface area contributed by atoms with Gasteiger partial charge in [-0.25, -0.2) is 0 Å². The van der Waals surface area contributed by atoms with Gasteiger partial charge in [0, 0.05) is 16.8 Å². The van der Waals surface area contributed by atoms with Crippen molar-refractivity contribution in [2.24, 2.45) is 5.92 Å². The van der Waals surface area contributed by atoms with Gasteiger partial charge in [-0.2, -0.15) is 0 Å². The zero-order valence-electron chi connectivity index (χ0n) is 8.60. The standard InChI is InChI=1S/C11H11NO3S/c1-6(11(14)15)9-10(13)12-7-4-2-3-5-8(7)16-9/h2-6,9H,1H3,(H,12,13)(H,14,15)/p-1/t6-,9-/m0/s1. The lowest BCUT2D eigenvalue weighted by atomic mass is 10.1. The van der Waals surface area contributed by atoms with Gasteiger partial charge in [0.1, 0.15) is 0 Å². The summed E-state index contributed by atoms with van der Waals surface area (Å²) < 4.78 is 0. The van der Waals surface area contributed by atoms with Crippen LogP contribution in [0.3, 0.4) is 0 Å². The second kappa shape index (κ2) is 4.17. The summed E-state index contributed by atoms with van der Waals surface area (Å²) in [5.41, 5.74) is 0.735. The van der Waals surface area contributed by atoms with E-state index in [-0.39, 0.29) is 5.91 Å². The van der Waals surface area contributed by atoms with Crippen LogP contribution in [0.5, 0.6) is 0 Å². The summed E-state index contributed by atoms with van der Waals surface area (Å²) >= 11 is 1.27. The SMILES string of the molecule is C[C@H](C(=O)[O-])[C@@H]1Sc2ccccc2NC1=O. The lowest BCUT2D eigenvalue weighted by molar-refractivity contribution is -0.310. The average molecular weight is 236 g/mol. The number of carbonyl (C=O) groups excluding carboxylic acids is 2. The second-order valence-electron chi connectivity index (χ2n) is 3.63. The van der Waals surface area contributed by atoms with E-state index >= 15 is 0 Å². The van der Waals surface area contributed by atoms with E-state index in [9.17, 15) is 14.7 Å². The first-order chi connectivity index (χ1) is 7.59. The van der Waals surface area contributed by atoms with Crippen LogP contribution in [0, 0.1) is 5.92 Å². The maximum absolute atomic E-state index is 11.7. The highest BCUT2D eigenvalue weighted by molar-refractivity contribution is 8.01. The van der Waals surface area contributed by atoms with Crippen molar-refractivity contribution < 1.29 is 14.7 Å². The van der Waals surface area contributed by atoms with Crippen LogP contribution < -0.4 is 10.4 Å². The number of carbonyl (C=O) groups is 2. The van der Waals surface area contributed by atoms with E-state index in [0.29, 0.717) is 0 Å².